The Morgan fingerprint density at radius 3 is 2.06 bits per heavy atom. The molecule has 0 radical (unpaired) electrons. The second kappa shape index (κ2) is 16.7. The van der Waals surface area contributed by atoms with E-state index in [1.807, 2.05) is 32.0 Å². The van der Waals surface area contributed by atoms with Crippen molar-refractivity contribution in [3.8, 4) is 5.75 Å². The predicted octanol–water partition coefficient (Wildman–Crippen LogP) is 8.12. The van der Waals surface area contributed by atoms with E-state index in [2.05, 4.69) is 14.9 Å². The number of hydrogen-bond donors (Lipinski definition) is 1. The zero-order chi connectivity index (χ0) is 38.4. The van der Waals surface area contributed by atoms with Crippen molar-refractivity contribution in [2.75, 3.05) is 41.5 Å². The fraction of sp³-hybridized carbons (Fsp3) is 0.528. The van der Waals surface area contributed by atoms with Crippen LogP contribution in [0.1, 0.15) is 79.8 Å². The number of carboxylic acid groups (broad SMARTS) is 1. The fourth-order valence-electron chi connectivity index (χ4n) is 6.53. The third-order valence-corrected chi connectivity index (χ3v) is 10.3. The molecule has 0 amide bonds. The van der Waals surface area contributed by atoms with E-state index in [0.29, 0.717) is 31.1 Å². The number of rotatable bonds is 15. The Kier molecular flexibility index (Phi) is 13.1. The largest absolute Gasteiger partial charge is 0.489 e. The van der Waals surface area contributed by atoms with E-state index < -0.39 is 45.3 Å². The first-order chi connectivity index (χ1) is 24.2. The maximum Gasteiger partial charge on any atom is 0.416 e. The summed E-state index contributed by atoms with van der Waals surface area (Å²) < 4.78 is 112. The van der Waals surface area contributed by atoms with E-state index in [9.17, 15) is 44.7 Å². The molecule has 0 spiro atoms. The highest BCUT2D eigenvalue weighted by atomic mass is 32.2. The topological polar surface area (TPSA) is 113 Å². The van der Waals surface area contributed by atoms with Gasteiger partial charge in [-0.3, -0.25) is 4.79 Å². The molecule has 1 fully saturated rings. The number of benzene rings is 2. The molecular weight excluding hydrogens is 714 g/mol. The van der Waals surface area contributed by atoms with Crippen LogP contribution in [-0.2, 0) is 33.5 Å². The van der Waals surface area contributed by atoms with E-state index in [1.54, 1.807) is 0 Å². The first-order valence-electron chi connectivity index (χ1n) is 17.0. The number of nitrogens with zero attached hydrogens (tertiary/aromatic N) is 4. The summed E-state index contributed by atoms with van der Waals surface area (Å²) in [4.78, 5) is 23.6. The number of carboxylic acids is 1. The number of anilines is 2. The van der Waals surface area contributed by atoms with Crippen LogP contribution in [0, 0.1) is 18.8 Å². The summed E-state index contributed by atoms with van der Waals surface area (Å²) in [6, 6.07) is 6.19. The lowest BCUT2D eigenvalue weighted by atomic mass is 9.80. The maximum atomic E-state index is 13.9. The lowest BCUT2D eigenvalue weighted by Crippen LogP contribution is -2.34. The van der Waals surface area contributed by atoms with Crippen molar-refractivity contribution < 1.29 is 49.4 Å². The number of halogens is 6. The Hall–Kier alpha value is -4.08. The Balaban J connectivity index is 1.72. The fourth-order valence-corrected chi connectivity index (χ4v) is 6.92. The smallest absolute Gasteiger partial charge is 0.416 e. The lowest BCUT2D eigenvalue weighted by molar-refractivity contribution is -0.143. The van der Waals surface area contributed by atoms with Crippen molar-refractivity contribution in [3.63, 3.8) is 0 Å². The highest BCUT2D eigenvalue weighted by Crippen LogP contribution is 2.40. The molecule has 1 atom stereocenters. The lowest BCUT2D eigenvalue weighted by Gasteiger charge is -2.36. The minimum Gasteiger partial charge on any atom is -0.489 e. The zero-order valence-electron chi connectivity index (χ0n) is 29.5. The number of carbonyl (C=O) groups is 1. The van der Waals surface area contributed by atoms with Gasteiger partial charge in [0.25, 0.3) is 0 Å². The molecule has 2 aromatic carbocycles. The second-order valence-electron chi connectivity index (χ2n) is 13.5. The molecule has 4 rings (SSSR count). The molecule has 286 valence electrons. The molecule has 1 N–H and O–H groups in total. The molecule has 0 bridgehead atoms. The molecule has 1 aliphatic rings. The molecule has 9 nitrogen and oxygen atoms in total. The van der Waals surface area contributed by atoms with E-state index >= 15 is 0 Å². The third kappa shape index (κ3) is 11.5. The van der Waals surface area contributed by atoms with Crippen molar-refractivity contribution in [1.29, 1.82) is 0 Å². The van der Waals surface area contributed by atoms with Gasteiger partial charge in [0, 0.05) is 38.0 Å². The van der Waals surface area contributed by atoms with Crippen molar-refractivity contribution in [3.05, 3.63) is 76.6 Å². The van der Waals surface area contributed by atoms with Crippen LogP contribution in [0.4, 0.5) is 38.0 Å². The average Bonchev–Trinajstić information content (AvgIpc) is 3.05. The van der Waals surface area contributed by atoms with Gasteiger partial charge in [-0.25, -0.2) is 18.4 Å². The highest BCUT2D eigenvalue weighted by molar-refractivity contribution is 7.90. The van der Waals surface area contributed by atoms with Gasteiger partial charge in [0.1, 0.15) is 6.61 Å². The molecule has 1 saturated carbocycles. The number of sulfone groups is 1. The van der Waals surface area contributed by atoms with Crippen molar-refractivity contribution in [1.82, 2.24) is 9.97 Å². The van der Waals surface area contributed by atoms with Crippen molar-refractivity contribution >= 4 is 27.4 Å². The Morgan fingerprint density at radius 2 is 1.54 bits per heavy atom. The predicted molar refractivity (Wildman–Crippen MR) is 185 cm³/mol. The van der Waals surface area contributed by atoms with Crippen LogP contribution in [-0.4, -0.2) is 61.2 Å². The van der Waals surface area contributed by atoms with Gasteiger partial charge in [-0.2, -0.15) is 26.3 Å². The van der Waals surface area contributed by atoms with E-state index in [4.69, 9.17) is 4.74 Å². The number of ether oxygens (including phenoxy) is 1. The summed E-state index contributed by atoms with van der Waals surface area (Å²) in [5.74, 6) is -0.494. The van der Waals surface area contributed by atoms with Gasteiger partial charge >= 0.3 is 18.3 Å². The Labute approximate surface area is 299 Å². The van der Waals surface area contributed by atoms with Crippen LogP contribution in [0.5, 0.6) is 5.75 Å². The van der Waals surface area contributed by atoms with Gasteiger partial charge in [-0.15, -0.1) is 0 Å². The number of aryl methyl sites for hydroxylation is 1. The first kappa shape index (κ1) is 40.7. The quantitative estimate of drug-likeness (QED) is 0.154. The molecular formula is C36H44F6N4O5S. The number of aromatic nitrogens is 2. The Bertz CT molecular complexity index is 1750. The molecule has 3 aromatic rings. The number of aliphatic carboxylic acids is 1. The summed E-state index contributed by atoms with van der Waals surface area (Å²) in [7, 11) is -3.31. The summed E-state index contributed by atoms with van der Waals surface area (Å²) >= 11 is 0. The minimum atomic E-state index is -5.04. The van der Waals surface area contributed by atoms with Crippen LogP contribution in [0.3, 0.4) is 0 Å². The number of hydrogen-bond acceptors (Lipinski definition) is 8. The summed E-state index contributed by atoms with van der Waals surface area (Å²) in [6.45, 7) is 6.48. The molecule has 16 heteroatoms. The van der Waals surface area contributed by atoms with Crippen LogP contribution >= 0.6 is 0 Å². The van der Waals surface area contributed by atoms with Gasteiger partial charge in [0.2, 0.25) is 5.95 Å². The second-order valence-corrected chi connectivity index (χ2v) is 15.8. The zero-order valence-corrected chi connectivity index (χ0v) is 30.3. The number of alkyl halides is 6. The molecule has 0 saturated heterocycles. The molecule has 1 aromatic heterocycles. The van der Waals surface area contributed by atoms with E-state index in [0.717, 1.165) is 48.8 Å². The normalized spacial score (nSPS) is 17.4. The van der Waals surface area contributed by atoms with Gasteiger partial charge < -0.3 is 19.6 Å². The SMILES string of the molecule is CCN(CC1CCC(CC(=O)O)CC1)c1ccc(C)cc1CN(c1ncc(OCCS(C)(=O)=O)cn1)[C@H](C)c1cc(C(F)(F)F)cc(C(F)(F)F)c1. The van der Waals surface area contributed by atoms with Crippen LogP contribution < -0.4 is 14.5 Å². The minimum absolute atomic E-state index is 0.00110. The van der Waals surface area contributed by atoms with Crippen molar-refractivity contribution in [2.24, 2.45) is 11.8 Å². The van der Waals surface area contributed by atoms with Gasteiger partial charge in [0.15, 0.2) is 15.6 Å². The third-order valence-electron chi connectivity index (χ3n) is 9.36. The van der Waals surface area contributed by atoms with E-state index in [1.165, 1.54) is 24.2 Å². The average molecular weight is 759 g/mol. The van der Waals surface area contributed by atoms with Gasteiger partial charge in [0.05, 0.1) is 35.3 Å². The van der Waals surface area contributed by atoms with Crippen molar-refractivity contribution in [2.45, 2.75) is 77.8 Å². The monoisotopic (exact) mass is 758 g/mol. The summed E-state index contributed by atoms with van der Waals surface area (Å²) in [5.41, 5.74) is -0.672. The van der Waals surface area contributed by atoms with Crippen LogP contribution in [0.2, 0.25) is 0 Å². The maximum absolute atomic E-state index is 13.9. The summed E-state index contributed by atoms with van der Waals surface area (Å²) in [6.07, 6.45) is -3.00. The van der Waals surface area contributed by atoms with Crippen LogP contribution in [0.25, 0.3) is 0 Å². The molecule has 1 heterocycles. The standard InChI is InChI=1S/C36H44F6N4O5S/c1-5-45(21-26-9-7-25(8-10-26)15-33(47)48)32-11-6-23(2)14-28(32)22-46(34-43-19-31(20-44-34)51-12-13-52(4,49)50)24(3)27-16-29(35(37,38)39)18-30(17-27)36(40,41)42/h6,11,14,16-20,24-26H,5,7-10,12-13,15,21-22H2,1-4H3,(H,47,48)/t24-,25?,26?/m1/s1. The van der Waals surface area contributed by atoms with Crippen LogP contribution in [0.15, 0.2) is 48.8 Å². The van der Waals surface area contributed by atoms with Gasteiger partial charge in [-0.1, -0.05) is 17.7 Å². The first-order valence-corrected chi connectivity index (χ1v) is 19.0. The molecule has 0 aliphatic heterocycles. The molecule has 1 aliphatic carbocycles. The van der Waals surface area contributed by atoms with Gasteiger partial charge in [-0.05, 0) is 93.7 Å². The molecule has 0 unspecified atom stereocenters. The van der Waals surface area contributed by atoms with E-state index in [-0.39, 0.29) is 54.6 Å². The Morgan fingerprint density at radius 1 is 0.962 bits per heavy atom. The molecule has 52 heavy (non-hydrogen) atoms. The highest BCUT2D eigenvalue weighted by Gasteiger charge is 2.38. The summed E-state index contributed by atoms with van der Waals surface area (Å²) in [5, 5.41) is 9.21.